The average molecular weight is 325 g/mol. The van der Waals surface area contributed by atoms with Crippen LogP contribution < -0.4 is 5.32 Å². The number of aliphatic hydroxyl groups excluding tert-OH is 1. The van der Waals surface area contributed by atoms with Crippen molar-refractivity contribution < 1.29 is 9.90 Å². The van der Waals surface area contributed by atoms with Crippen molar-refractivity contribution in [2.45, 2.75) is 26.2 Å². The van der Waals surface area contributed by atoms with Crippen LogP contribution in [0.4, 0.5) is 4.79 Å². The summed E-state index contributed by atoms with van der Waals surface area (Å²) < 4.78 is 0. The molecule has 2 rings (SSSR count). The fourth-order valence-corrected chi connectivity index (χ4v) is 3.12. The van der Waals surface area contributed by atoms with Crippen molar-refractivity contribution in [3.8, 4) is 0 Å². The zero-order chi connectivity index (χ0) is 16.1. The first-order valence-electron chi connectivity index (χ1n) is 7.94. The Hall–Kier alpha value is -1.26. The van der Waals surface area contributed by atoms with E-state index >= 15 is 0 Å². The van der Waals surface area contributed by atoms with E-state index in [0.29, 0.717) is 19.0 Å². The van der Waals surface area contributed by atoms with Crippen LogP contribution in [0.1, 0.15) is 31.7 Å². The third kappa shape index (κ3) is 4.14. The zero-order valence-electron chi connectivity index (χ0n) is 13.3. The highest BCUT2D eigenvalue weighted by Gasteiger charge is 2.31. The number of rotatable bonds is 5. The first kappa shape index (κ1) is 17.1. The quantitative estimate of drug-likeness (QED) is 0.874. The number of nitrogens with one attached hydrogen (secondary N) is 1. The Morgan fingerprint density at radius 3 is 2.64 bits per heavy atom. The summed E-state index contributed by atoms with van der Waals surface area (Å²) in [6, 6.07) is 7.77. The fourth-order valence-electron chi connectivity index (χ4n) is 2.99. The summed E-state index contributed by atoms with van der Waals surface area (Å²) in [4.78, 5) is 14.1. The Morgan fingerprint density at radius 2 is 2.09 bits per heavy atom. The molecule has 122 valence electrons. The van der Waals surface area contributed by atoms with Crippen LogP contribution in [-0.4, -0.2) is 42.3 Å². The molecule has 0 spiro atoms. The largest absolute Gasteiger partial charge is 0.396 e. The molecule has 0 bridgehead atoms. The average Bonchev–Trinajstić information content (AvgIpc) is 2.90. The van der Waals surface area contributed by atoms with E-state index in [2.05, 4.69) is 19.2 Å². The van der Waals surface area contributed by atoms with Crippen LogP contribution in [0, 0.1) is 11.8 Å². The molecule has 1 aliphatic rings. The van der Waals surface area contributed by atoms with Gasteiger partial charge in [-0.2, -0.15) is 0 Å². The van der Waals surface area contributed by atoms with Crippen LogP contribution in [0.15, 0.2) is 24.3 Å². The lowest BCUT2D eigenvalue weighted by Gasteiger charge is -2.21. The Balaban J connectivity index is 1.88. The lowest BCUT2D eigenvalue weighted by atomic mass is 9.96. The van der Waals surface area contributed by atoms with Gasteiger partial charge in [0.25, 0.3) is 0 Å². The Labute approximate surface area is 137 Å². The third-order valence-electron chi connectivity index (χ3n) is 4.62. The molecule has 0 aromatic heterocycles. The summed E-state index contributed by atoms with van der Waals surface area (Å²) >= 11 is 5.92. The number of hydrogen-bond acceptors (Lipinski definition) is 2. The Morgan fingerprint density at radius 1 is 1.41 bits per heavy atom. The minimum Gasteiger partial charge on any atom is -0.396 e. The molecule has 0 radical (unpaired) electrons. The van der Waals surface area contributed by atoms with E-state index in [1.54, 1.807) is 4.90 Å². The van der Waals surface area contributed by atoms with Gasteiger partial charge in [0.05, 0.1) is 0 Å². The number of carbonyl (C=O) groups excluding carboxylic acids is 1. The normalized spacial score (nSPS) is 22.6. The number of benzene rings is 1. The summed E-state index contributed by atoms with van der Waals surface area (Å²) in [5, 5.41) is 13.0. The van der Waals surface area contributed by atoms with E-state index in [1.807, 2.05) is 24.3 Å². The van der Waals surface area contributed by atoms with E-state index in [0.717, 1.165) is 18.0 Å². The molecule has 1 aromatic rings. The molecule has 1 saturated heterocycles. The maximum atomic E-state index is 12.3. The van der Waals surface area contributed by atoms with Gasteiger partial charge in [-0.3, -0.25) is 0 Å². The Bertz CT molecular complexity index is 492. The van der Waals surface area contributed by atoms with Gasteiger partial charge in [-0.05, 0) is 30.0 Å². The number of halogens is 1. The fraction of sp³-hybridized carbons (Fsp3) is 0.588. The summed E-state index contributed by atoms with van der Waals surface area (Å²) in [5.74, 6) is 0.841. The second-order valence-corrected chi connectivity index (χ2v) is 6.60. The van der Waals surface area contributed by atoms with Gasteiger partial charge in [0.2, 0.25) is 0 Å². The number of aliphatic hydroxyl groups is 1. The van der Waals surface area contributed by atoms with E-state index in [4.69, 9.17) is 11.6 Å². The summed E-state index contributed by atoms with van der Waals surface area (Å²) in [5.41, 5.74) is 1.19. The maximum absolute atomic E-state index is 12.3. The summed E-state index contributed by atoms with van der Waals surface area (Å²) in [6.07, 6.45) is 0.956. The van der Waals surface area contributed by atoms with Crippen molar-refractivity contribution in [1.82, 2.24) is 10.2 Å². The molecule has 4 nitrogen and oxygen atoms in total. The van der Waals surface area contributed by atoms with Crippen molar-refractivity contribution in [3.05, 3.63) is 34.9 Å². The van der Waals surface area contributed by atoms with Crippen LogP contribution in [0.25, 0.3) is 0 Å². The van der Waals surface area contributed by atoms with Gasteiger partial charge in [-0.25, -0.2) is 4.79 Å². The second kappa shape index (κ2) is 7.84. The van der Waals surface area contributed by atoms with E-state index < -0.39 is 0 Å². The van der Waals surface area contributed by atoms with Gasteiger partial charge in [-0.15, -0.1) is 0 Å². The predicted octanol–water partition coefficient (Wildman–Crippen LogP) is 3.10. The first-order chi connectivity index (χ1) is 10.5. The number of nitrogens with zero attached hydrogens (tertiary/aromatic N) is 1. The Kier molecular flexibility index (Phi) is 6.09. The van der Waals surface area contributed by atoms with Crippen molar-refractivity contribution in [2.24, 2.45) is 11.8 Å². The minimum absolute atomic E-state index is 0.0322. The molecular weight excluding hydrogens is 300 g/mol. The highest BCUT2D eigenvalue weighted by Crippen LogP contribution is 2.23. The van der Waals surface area contributed by atoms with E-state index in [-0.39, 0.29) is 24.5 Å². The topological polar surface area (TPSA) is 52.6 Å². The molecular formula is C17H25ClN2O2. The third-order valence-corrected chi connectivity index (χ3v) is 4.88. The monoisotopic (exact) mass is 324 g/mol. The molecule has 1 fully saturated rings. The molecule has 0 saturated carbocycles. The summed E-state index contributed by atoms with van der Waals surface area (Å²) in [7, 11) is 0. The predicted molar refractivity (Wildman–Crippen MR) is 89.2 cm³/mol. The van der Waals surface area contributed by atoms with Gasteiger partial charge in [0.15, 0.2) is 0 Å². The molecule has 3 atom stereocenters. The lowest BCUT2D eigenvalue weighted by Crippen LogP contribution is -2.40. The molecule has 1 aliphatic heterocycles. The van der Waals surface area contributed by atoms with E-state index in [9.17, 15) is 9.90 Å². The van der Waals surface area contributed by atoms with Gasteiger partial charge >= 0.3 is 6.03 Å². The van der Waals surface area contributed by atoms with Gasteiger partial charge in [-0.1, -0.05) is 37.6 Å². The van der Waals surface area contributed by atoms with Crippen LogP contribution in [0.3, 0.4) is 0 Å². The molecule has 2 N–H and O–H groups in total. The van der Waals surface area contributed by atoms with Gasteiger partial charge < -0.3 is 15.3 Å². The molecule has 5 heteroatoms. The highest BCUT2D eigenvalue weighted by atomic mass is 35.5. The lowest BCUT2D eigenvalue weighted by molar-refractivity contribution is 0.195. The molecule has 22 heavy (non-hydrogen) atoms. The standard InChI is InChI=1S/C17H25ClN2O2/c1-3-13(14-4-6-16(18)7-5-14)8-19-17(22)20-9-12(2)15(10-20)11-21/h4-7,12-13,15,21H,3,8-11H2,1-2H3,(H,19,22)/t12-,13+,15+/m1/s1. The number of amides is 2. The minimum atomic E-state index is -0.0322. The first-order valence-corrected chi connectivity index (χ1v) is 8.32. The van der Waals surface area contributed by atoms with Crippen molar-refractivity contribution in [3.63, 3.8) is 0 Å². The highest BCUT2D eigenvalue weighted by molar-refractivity contribution is 6.30. The van der Waals surface area contributed by atoms with E-state index in [1.165, 1.54) is 5.56 Å². The molecule has 0 aliphatic carbocycles. The number of likely N-dealkylation sites (tertiary alicyclic amines) is 1. The van der Waals surface area contributed by atoms with Crippen LogP contribution in [-0.2, 0) is 0 Å². The number of carbonyl (C=O) groups is 1. The SMILES string of the molecule is CC[C@@H](CNC(=O)N1C[C@@H](CO)[C@H](C)C1)c1ccc(Cl)cc1. The summed E-state index contributed by atoms with van der Waals surface area (Å²) in [6.45, 7) is 6.32. The van der Waals surface area contributed by atoms with Crippen LogP contribution in [0.2, 0.25) is 5.02 Å². The van der Waals surface area contributed by atoms with Crippen LogP contribution in [0.5, 0.6) is 0 Å². The number of hydrogen-bond donors (Lipinski definition) is 2. The maximum Gasteiger partial charge on any atom is 0.317 e. The smallest absolute Gasteiger partial charge is 0.317 e. The molecule has 1 heterocycles. The number of urea groups is 1. The zero-order valence-corrected chi connectivity index (χ0v) is 14.0. The van der Waals surface area contributed by atoms with Crippen LogP contribution >= 0.6 is 11.6 Å². The molecule has 0 unspecified atom stereocenters. The van der Waals surface area contributed by atoms with Gasteiger partial charge in [0, 0.05) is 43.1 Å². The van der Waals surface area contributed by atoms with Crippen molar-refractivity contribution in [2.75, 3.05) is 26.2 Å². The van der Waals surface area contributed by atoms with Crippen molar-refractivity contribution >= 4 is 17.6 Å². The molecule has 1 aromatic carbocycles. The van der Waals surface area contributed by atoms with Crippen molar-refractivity contribution in [1.29, 1.82) is 0 Å². The van der Waals surface area contributed by atoms with Gasteiger partial charge in [0.1, 0.15) is 0 Å². The second-order valence-electron chi connectivity index (χ2n) is 6.17. The molecule has 2 amide bonds.